The Morgan fingerprint density at radius 2 is 1.94 bits per heavy atom. The van der Waals surface area contributed by atoms with Crippen molar-refractivity contribution in [2.45, 2.75) is 57.5 Å². The van der Waals surface area contributed by atoms with Crippen molar-refractivity contribution in [3.63, 3.8) is 0 Å². The van der Waals surface area contributed by atoms with E-state index in [-0.39, 0.29) is 11.9 Å². The van der Waals surface area contributed by atoms with Crippen LogP contribution in [0.4, 0.5) is 0 Å². The number of nitrogens with one attached hydrogen (secondary N) is 1. The van der Waals surface area contributed by atoms with E-state index in [1.165, 1.54) is 38.5 Å². The Morgan fingerprint density at radius 1 is 1.28 bits per heavy atom. The van der Waals surface area contributed by atoms with Crippen LogP contribution in [-0.2, 0) is 4.79 Å². The van der Waals surface area contributed by atoms with Crippen LogP contribution in [0.3, 0.4) is 0 Å². The minimum absolute atomic E-state index is 0.113. The highest BCUT2D eigenvalue weighted by atomic mass is 16.2. The first kappa shape index (κ1) is 13.8. The molecular formula is C14H27N3O. The van der Waals surface area contributed by atoms with Gasteiger partial charge in [-0.05, 0) is 18.8 Å². The van der Waals surface area contributed by atoms with E-state index in [4.69, 9.17) is 5.73 Å². The van der Waals surface area contributed by atoms with Crippen LogP contribution in [0.5, 0.6) is 0 Å². The van der Waals surface area contributed by atoms with E-state index in [9.17, 15) is 4.79 Å². The highest BCUT2D eigenvalue weighted by molar-refractivity contribution is 5.82. The lowest BCUT2D eigenvalue weighted by molar-refractivity contribution is -0.126. The van der Waals surface area contributed by atoms with Crippen molar-refractivity contribution in [3.8, 4) is 0 Å². The number of nitrogens with two attached hydrogens (primary N) is 1. The first-order valence-electron chi connectivity index (χ1n) is 7.46. The molecule has 2 unspecified atom stereocenters. The molecule has 2 atom stereocenters. The summed E-state index contributed by atoms with van der Waals surface area (Å²) in [5, 5.41) is 3.02. The van der Waals surface area contributed by atoms with Crippen LogP contribution in [0.2, 0.25) is 0 Å². The molecule has 0 radical (unpaired) electrons. The molecule has 0 aromatic carbocycles. The summed E-state index contributed by atoms with van der Waals surface area (Å²) in [5.74, 6) is 0.653. The zero-order valence-electron chi connectivity index (χ0n) is 11.5. The van der Waals surface area contributed by atoms with Gasteiger partial charge in [-0.25, -0.2) is 0 Å². The van der Waals surface area contributed by atoms with Gasteiger partial charge >= 0.3 is 0 Å². The Hall–Kier alpha value is -0.610. The van der Waals surface area contributed by atoms with Gasteiger partial charge in [0.1, 0.15) is 6.04 Å². The molecule has 18 heavy (non-hydrogen) atoms. The zero-order valence-corrected chi connectivity index (χ0v) is 11.5. The fraction of sp³-hybridized carbons (Fsp3) is 0.929. The highest BCUT2D eigenvalue weighted by Crippen LogP contribution is 2.25. The lowest BCUT2D eigenvalue weighted by atomic mass is 10.0. The van der Waals surface area contributed by atoms with Gasteiger partial charge in [0.2, 0.25) is 5.91 Å². The molecule has 1 amide bonds. The Morgan fingerprint density at radius 3 is 2.56 bits per heavy atom. The summed E-state index contributed by atoms with van der Waals surface area (Å²) in [6.07, 6.45) is 7.76. The Labute approximate surface area is 110 Å². The predicted octanol–water partition coefficient (Wildman–Crippen LogP) is 1.10. The van der Waals surface area contributed by atoms with Crippen molar-refractivity contribution in [2.75, 3.05) is 19.6 Å². The van der Waals surface area contributed by atoms with E-state index >= 15 is 0 Å². The van der Waals surface area contributed by atoms with Gasteiger partial charge < -0.3 is 11.1 Å². The number of hydrogen-bond donors (Lipinski definition) is 2. The molecule has 2 aliphatic rings. The van der Waals surface area contributed by atoms with E-state index in [0.717, 1.165) is 13.1 Å². The van der Waals surface area contributed by atoms with Crippen LogP contribution in [0.25, 0.3) is 0 Å². The third kappa shape index (κ3) is 3.23. The maximum atomic E-state index is 12.1. The average molecular weight is 253 g/mol. The maximum Gasteiger partial charge on any atom is 0.238 e. The summed E-state index contributed by atoms with van der Waals surface area (Å²) >= 11 is 0. The number of hydrogen-bond acceptors (Lipinski definition) is 3. The lowest BCUT2D eigenvalue weighted by Crippen LogP contribution is -2.52. The molecule has 1 heterocycles. The van der Waals surface area contributed by atoms with Crippen LogP contribution in [-0.4, -0.2) is 42.5 Å². The number of nitrogens with zero attached hydrogens (tertiary/aromatic N) is 1. The molecule has 2 rings (SSSR count). The van der Waals surface area contributed by atoms with Crippen LogP contribution < -0.4 is 11.1 Å². The van der Waals surface area contributed by atoms with Gasteiger partial charge in [0.15, 0.2) is 0 Å². The first-order valence-corrected chi connectivity index (χ1v) is 7.46. The maximum absolute atomic E-state index is 12.1. The molecule has 1 aliphatic carbocycles. The fourth-order valence-corrected chi connectivity index (χ4v) is 3.33. The topological polar surface area (TPSA) is 58.4 Å². The fourth-order valence-electron chi connectivity index (χ4n) is 3.33. The molecule has 1 saturated heterocycles. The van der Waals surface area contributed by atoms with E-state index in [1.807, 2.05) is 0 Å². The van der Waals surface area contributed by atoms with Crippen molar-refractivity contribution in [1.82, 2.24) is 10.2 Å². The second kappa shape index (κ2) is 6.53. The Bertz CT molecular complexity index is 274. The molecule has 0 spiro atoms. The molecule has 1 aliphatic heterocycles. The van der Waals surface area contributed by atoms with Crippen molar-refractivity contribution in [2.24, 2.45) is 11.7 Å². The lowest BCUT2D eigenvalue weighted by Gasteiger charge is -2.35. The molecule has 3 N–H and O–H groups in total. The molecule has 0 aromatic rings. The van der Waals surface area contributed by atoms with Crippen molar-refractivity contribution in [1.29, 1.82) is 0 Å². The molecule has 2 fully saturated rings. The zero-order chi connectivity index (χ0) is 13.0. The van der Waals surface area contributed by atoms with Crippen molar-refractivity contribution in [3.05, 3.63) is 0 Å². The monoisotopic (exact) mass is 253 g/mol. The number of carbonyl (C=O) groups excluding carboxylic acids is 1. The summed E-state index contributed by atoms with van der Waals surface area (Å²) in [6.45, 7) is 4.45. The Balaban J connectivity index is 2.11. The van der Waals surface area contributed by atoms with E-state index in [1.54, 1.807) is 0 Å². The summed E-state index contributed by atoms with van der Waals surface area (Å²) in [5.41, 5.74) is 5.84. The van der Waals surface area contributed by atoms with Crippen LogP contribution in [0, 0.1) is 5.92 Å². The van der Waals surface area contributed by atoms with Crippen LogP contribution in [0.1, 0.15) is 45.4 Å². The van der Waals surface area contributed by atoms with Gasteiger partial charge in [-0.1, -0.05) is 32.6 Å². The second-order valence-electron chi connectivity index (χ2n) is 5.94. The van der Waals surface area contributed by atoms with Crippen LogP contribution in [0.15, 0.2) is 0 Å². The van der Waals surface area contributed by atoms with Gasteiger partial charge in [0, 0.05) is 25.7 Å². The predicted molar refractivity (Wildman–Crippen MR) is 73.2 cm³/mol. The summed E-state index contributed by atoms with van der Waals surface area (Å²) < 4.78 is 0. The SMILES string of the molecule is CC1CNC(=O)C(CN)N(C2CCCCCC2)C1. The summed E-state index contributed by atoms with van der Waals surface area (Å²) in [6, 6.07) is 0.449. The minimum atomic E-state index is -0.113. The summed E-state index contributed by atoms with van der Waals surface area (Å²) in [7, 11) is 0. The smallest absolute Gasteiger partial charge is 0.238 e. The van der Waals surface area contributed by atoms with Crippen molar-refractivity contribution < 1.29 is 4.79 Å². The highest BCUT2D eigenvalue weighted by Gasteiger charge is 2.33. The first-order chi connectivity index (χ1) is 8.72. The van der Waals surface area contributed by atoms with Gasteiger partial charge in [-0.15, -0.1) is 0 Å². The molecule has 4 nitrogen and oxygen atoms in total. The van der Waals surface area contributed by atoms with E-state index in [2.05, 4.69) is 17.1 Å². The molecule has 4 heteroatoms. The normalized spacial score (nSPS) is 32.7. The third-order valence-corrected chi connectivity index (χ3v) is 4.37. The molecule has 0 aromatic heterocycles. The molecular weight excluding hydrogens is 226 g/mol. The average Bonchev–Trinajstić information content (AvgIpc) is 2.70. The van der Waals surface area contributed by atoms with E-state index < -0.39 is 0 Å². The number of amides is 1. The van der Waals surface area contributed by atoms with Gasteiger partial charge in [0.25, 0.3) is 0 Å². The second-order valence-corrected chi connectivity index (χ2v) is 5.94. The van der Waals surface area contributed by atoms with E-state index in [0.29, 0.717) is 18.5 Å². The van der Waals surface area contributed by atoms with Crippen LogP contribution >= 0.6 is 0 Å². The van der Waals surface area contributed by atoms with Gasteiger partial charge in [-0.3, -0.25) is 9.69 Å². The molecule has 1 saturated carbocycles. The number of carbonyl (C=O) groups is 1. The molecule has 104 valence electrons. The minimum Gasteiger partial charge on any atom is -0.354 e. The Kier molecular flexibility index (Phi) is 5.01. The van der Waals surface area contributed by atoms with Gasteiger partial charge in [0.05, 0.1) is 0 Å². The summed E-state index contributed by atoms with van der Waals surface area (Å²) in [4.78, 5) is 14.5. The molecule has 0 bridgehead atoms. The standard InChI is InChI=1S/C14H27N3O/c1-11-9-16-14(18)13(8-15)17(10-11)12-6-4-2-3-5-7-12/h11-13H,2-10,15H2,1H3,(H,16,18). The quantitative estimate of drug-likeness (QED) is 0.725. The number of rotatable bonds is 2. The largest absolute Gasteiger partial charge is 0.354 e. The third-order valence-electron chi connectivity index (χ3n) is 4.37. The van der Waals surface area contributed by atoms with Crippen molar-refractivity contribution >= 4 is 5.91 Å². The van der Waals surface area contributed by atoms with Gasteiger partial charge in [-0.2, -0.15) is 0 Å².